The molecule has 0 atom stereocenters. The molecule has 7 heteroatoms. The highest BCUT2D eigenvalue weighted by molar-refractivity contribution is 5.91. The zero-order chi connectivity index (χ0) is 20.9. The van der Waals surface area contributed by atoms with E-state index >= 15 is 0 Å². The van der Waals surface area contributed by atoms with Gasteiger partial charge < -0.3 is 9.88 Å². The Balaban J connectivity index is 1.62. The second kappa shape index (κ2) is 8.57. The molecule has 1 amide bonds. The second-order valence-corrected chi connectivity index (χ2v) is 6.99. The van der Waals surface area contributed by atoms with Gasteiger partial charge in [0, 0.05) is 31.4 Å². The lowest BCUT2D eigenvalue weighted by atomic mass is 10.2. The summed E-state index contributed by atoms with van der Waals surface area (Å²) in [5, 5.41) is 4.63. The zero-order valence-electron chi connectivity index (χ0n) is 16.5. The van der Waals surface area contributed by atoms with E-state index in [-0.39, 0.29) is 18.0 Å². The Hall–Kier alpha value is -4.00. The number of carbonyl (C=O) groups is 1. The number of hydrogen-bond acceptors (Lipinski definition) is 4. The number of aromatic amines is 1. The summed E-state index contributed by atoms with van der Waals surface area (Å²) in [6.45, 7) is 0.582. The van der Waals surface area contributed by atoms with Gasteiger partial charge in [0.1, 0.15) is 5.82 Å². The molecule has 0 aliphatic heterocycles. The number of amides is 1. The van der Waals surface area contributed by atoms with Crippen molar-refractivity contribution in [3.63, 3.8) is 0 Å². The fourth-order valence-corrected chi connectivity index (χ4v) is 3.21. The fraction of sp³-hybridized carbons (Fsp3) is 0.130. The Labute approximate surface area is 173 Å². The molecule has 0 aliphatic carbocycles. The molecule has 30 heavy (non-hydrogen) atoms. The average Bonchev–Trinajstić information content (AvgIpc) is 3.17. The molecule has 2 aromatic heterocycles. The van der Waals surface area contributed by atoms with Gasteiger partial charge in [0.2, 0.25) is 5.91 Å². The quantitative estimate of drug-likeness (QED) is 0.505. The third-order valence-electron chi connectivity index (χ3n) is 4.67. The number of nitrogens with one attached hydrogen (secondary N) is 1. The van der Waals surface area contributed by atoms with Crippen molar-refractivity contribution in [3.8, 4) is 0 Å². The van der Waals surface area contributed by atoms with E-state index in [1.54, 1.807) is 40.1 Å². The monoisotopic (exact) mass is 399 g/mol. The number of carbonyl (C=O) groups excluding carboxylic acids is 1. The van der Waals surface area contributed by atoms with Crippen LogP contribution in [0.4, 0.5) is 0 Å². The van der Waals surface area contributed by atoms with Gasteiger partial charge in [0.25, 0.3) is 5.56 Å². The zero-order valence-corrected chi connectivity index (χ0v) is 16.5. The molecule has 0 radical (unpaired) electrons. The molecule has 0 unspecified atom stereocenters. The summed E-state index contributed by atoms with van der Waals surface area (Å²) in [4.78, 5) is 34.4. The van der Waals surface area contributed by atoms with Crippen LogP contribution in [0, 0.1) is 0 Å². The summed E-state index contributed by atoms with van der Waals surface area (Å²) in [6.07, 6.45) is 6.75. The van der Waals surface area contributed by atoms with Gasteiger partial charge in [-0.25, -0.2) is 4.98 Å². The number of fused-ring (bicyclic) bond motifs is 1. The van der Waals surface area contributed by atoms with Gasteiger partial charge >= 0.3 is 0 Å². The van der Waals surface area contributed by atoms with Crippen LogP contribution in [-0.2, 0) is 24.9 Å². The number of aryl methyl sites for hydroxylation is 1. The van der Waals surface area contributed by atoms with Gasteiger partial charge in [0.05, 0.1) is 23.6 Å². The van der Waals surface area contributed by atoms with Crippen molar-refractivity contribution in [1.82, 2.24) is 24.6 Å². The Morgan fingerprint density at radius 2 is 1.87 bits per heavy atom. The molecule has 0 saturated carbocycles. The summed E-state index contributed by atoms with van der Waals surface area (Å²) in [5.74, 6) is 0.260. The van der Waals surface area contributed by atoms with Crippen molar-refractivity contribution in [3.05, 3.63) is 100 Å². The van der Waals surface area contributed by atoms with Crippen LogP contribution >= 0.6 is 0 Å². The molecule has 7 nitrogen and oxygen atoms in total. The minimum atomic E-state index is -0.214. The van der Waals surface area contributed by atoms with Crippen LogP contribution < -0.4 is 5.56 Å². The molecule has 4 rings (SSSR count). The van der Waals surface area contributed by atoms with Crippen molar-refractivity contribution in [2.75, 3.05) is 0 Å². The first-order chi connectivity index (χ1) is 14.6. The van der Waals surface area contributed by atoms with Crippen molar-refractivity contribution in [1.29, 1.82) is 0 Å². The molecule has 2 aromatic carbocycles. The van der Waals surface area contributed by atoms with Gasteiger partial charge in [-0.05, 0) is 23.8 Å². The van der Waals surface area contributed by atoms with Crippen LogP contribution in [-0.4, -0.2) is 30.6 Å². The first-order valence-corrected chi connectivity index (χ1v) is 9.56. The smallest absolute Gasteiger partial charge is 0.258 e. The van der Waals surface area contributed by atoms with E-state index in [1.807, 2.05) is 49.6 Å². The minimum absolute atomic E-state index is 0.182. The van der Waals surface area contributed by atoms with Crippen LogP contribution in [0.2, 0.25) is 0 Å². The number of para-hydroxylation sites is 1. The topological polar surface area (TPSA) is 83.9 Å². The Morgan fingerprint density at radius 1 is 1.10 bits per heavy atom. The summed E-state index contributed by atoms with van der Waals surface area (Å²) in [7, 11) is 1.82. The Bertz CT molecular complexity index is 1260. The normalized spacial score (nSPS) is 11.2. The number of rotatable bonds is 6. The van der Waals surface area contributed by atoms with E-state index < -0.39 is 0 Å². The molecular formula is C23H21N5O2. The maximum absolute atomic E-state index is 13.0. The lowest BCUT2D eigenvalue weighted by molar-refractivity contribution is -0.127. The van der Waals surface area contributed by atoms with Gasteiger partial charge in [-0.1, -0.05) is 42.5 Å². The summed E-state index contributed by atoms with van der Waals surface area (Å²) >= 11 is 0. The van der Waals surface area contributed by atoms with E-state index in [0.717, 1.165) is 11.1 Å². The lowest BCUT2D eigenvalue weighted by Crippen LogP contribution is -2.30. The molecule has 1 N–H and O–H groups in total. The van der Waals surface area contributed by atoms with E-state index in [0.29, 0.717) is 23.3 Å². The standard InChI is InChI=1S/C23H21N5O2/c1-27-14-18(13-24-27)11-12-22(29)28(15-17-7-3-2-4-8-17)16-21-25-20-10-6-5-9-19(20)23(30)26-21/h2-14H,15-16H2,1H3,(H,25,26,30)/b12-11+. The van der Waals surface area contributed by atoms with Crippen LogP contribution in [0.3, 0.4) is 0 Å². The maximum Gasteiger partial charge on any atom is 0.258 e. The largest absolute Gasteiger partial charge is 0.327 e. The molecule has 150 valence electrons. The Morgan fingerprint density at radius 3 is 2.63 bits per heavy atom. The third-order valence-corrected chi connectivity index (χ3v) is 4.67. The summed E-state index contributed by atoms with van der Waals surface area (Å²) in [5.41, 5.74) is 2.22. The number of aromatic nitrogens is 4. The van der Waals surface area contributed by atoms with E-state index in [9.17, 15) is 9.59 Å². The van der Waals surface area contributed by atoms with Crippen LogP contribution in [0.25, 0.3) is 17.0 Å². The highest BCUT2D eigenvalue weighted by Gasteiger charge is 2.15. The second-order valence-electron chi connectivity index (χ2n) is 6.99. The van der Waals surface area contributed by atoms with Gasteiger partial charge in [-0.3, -0.25) is 14.3 Å². The first-order valence-electron chi connectivity index (χ1n) is 9.56. The molecule has 0 spiro atoms. The molecule has 0 saturated heterocycles. The fourth-order valence-electron chi connectivity index (χ4n) is 3.21. The SMILES string of the molecule is Cn1cc(/C=C/C(=O)N(Cc2ccccc2)Cc2nc3ccccc3c(=O)[nH]2)cn1. The average molecular weight is 399 g/mol. The third kappa shape index (κ3) is 4.52. The maximum atomic E-state index is 13.0. The summed E-state index contributed by atoms with van der Waals surface area (Å²) in [6, 6.07) is 16.9. The molecule has 0 fully saturated rings. The van der Waals surface area contributed by atoms with Crippen LogP contribution in [0.1, 0.15) is 17.0 Å². The first kappa shape index (κ1) is 19.3. The van der Waals surface area contributed by atoms with Crippen molar-refractivity contribution >= 4 is 22.9 Å². The van der Waals surface area contributed by atoms with E-state index in [4.69, 9.17) is 0 Å². The van der Waals surface area contributed by atoms with Crippen LogP contribution in [0.15, 0.2) is 77.9 Å². The minimum Gasteiger partial charge on any atom is -0.327 e. The molecule has 0 aliphatic rings. The molecular weight excluding hydrogens is 378 g/mol. The lowest BCUT2D eigenvalue weighted by Gasteiger charge is -2.21. The summed E-state index contributed by atoms with van der Waals surface area (Å²) < 4.78 is 1.68. The highest BCUT2D eigenvalue weighted by Crippen LogP contribution is 2.12. The molecule has 2 heterocycles. The van der Waals surface area contributed by atoms with Crippen LogP contribution in [0.5, 0.6) is 0 Å². The van der Waals surface area contributed by atoms with Gasteiger partial charge in [0.15, 0.2) is 0 Å². The van der Waals surface area contributed by atoms with Gasteiger partial charge in [-0.15, -0.1) is 0 Å². The molecule has 0 bridgehead atoms. The predicted octanol–water partition coefficient (Wildman–Crippen LogP) is 2.90. The highest BCUT2D eigenvalue weighted by atomic mass is 16.2. The number of H-pyrrole nitrogens is 1. The Kier molecular flexibility index (Phi) is 5.52. The van der Waals surface area contributed by atoms with E-state index in [2.05, 4.69) is 15.1 Å². The molecule has 4 aromatic rings. The van der Waals surface area contributed by atoms with Crippen molar-refractivity contribution in [2.24, 2.45) is 7.05 Å². The number of hydrogen-bond donors (Lipinski definition) is 1. The number of nitrogens with zero attached hydrogens (tertiary/aromatic N) is 4. The van der Waals surface area contributed by atoms with Crippen molar-refractivity contribution in [2.45, 2.75) is 13.1 Å². The van der Waals surface area contributed by atoms with E-state index in [1.165, 1.54) is 6.08 Å². The van der Waals surface area contributed by atoms with Crippen molar-refractivity contribution < 1.29 is 4.79 Å². The number of benzene rings is 2. The predicted molar refractivity (Wildman–Crippen MR) is 115 cm³/mol. The van der Waals surface area contributed by atoms with Gasteiger partial charge in [-0.2, -0.15) is 5.10 Å².